The van der Waals surface area contributed by atoms with Gasteiger partial charge >= 0.3 is 5.97 Å². The number of amides is 1. The van der Waals surface area contributed by atoms with Crippen LogP contribution < -0.4 is 9.47 Å². The smallest absolute Gasteiger partial charge is 0.308 e. The zero-order valence-corrected chi connectivity index (χ0v) is 18.4. The summed E-state index contributed by atoms with van der Waals surface area (Å²) in [4.78, 5) is 26.4. The van der Waals surface area contributed by atoms with Gasteiger partial charge in [-0.15, -0.1) is 0 Å². The Kier molecular flexibility index (Phi) is 5.73. The number of ether oxygens (including phenoxy) is 3. The lowest BCUT2D eigenvalue weighted by Crippen LogP contribution is -2.40. The number of aromatic nitrogens is 2. The maximum Gasteiger partial charge on any atom is 0.308 e. The second kappa shape index (κ2) is 8.97. The third kappa shape index (κ3) is 4.28. The van der Waals surface area contributed by atoms with E-state index in [-0.39, 0.29) is 17.8 Å². The van der Waals surface area contributed by atoms with Crippen molar-refractivity contribution in [3.8, 4) is 34.0 Å². The third-order valence-electron chi connectivity index (χ3n) is 6.18. The molecule has 1 fully saturated rings. The molecule has 8 nitrogen and oxygen atoms in total. The largest absolute Gasteiger partial charge is 0.486 e. The number of esters is 1. The molecule has 3 aromatic rings. The second-order valence-corrected chi connectivity index (χ2v) is 8.19. The van der Waals surface area contributed by atoms with Gasteiger partial charge in [-0.25, -0.2) is 0 Å². The van der Waals surface area contributed by atoms with Crippen molar-refractivity contribution < 1.29 is 23.8 Å². The van der Waals surface area contributed by atoms with E-state index in [4.69, 9.17) is 14.2 Å². The van der Waals surface area contributed by atoms with E-state index in [2.05, 4.69) is 10.2 Å². The molecule has 0 atom stereocenters. The zero-order valence-electron chi connectivity index (χ0n) is 18.4. The minimum absolute atomic E-state index is 0.0218. The first-order valence-corrected chi connectivity index (χ1v) is 11.1. The lowest BCUT2D eigenvalue weighted by Gasteiger charge is -2.30. The molecule has 0 unspecified atom stereocenters. The van der Waals surface area contributed by atoms with Crippen molar-refractivity contribution in [2.24, 2.45) is 5.92 Å². The summed E-state index contributed by atoms with van der Waals surface area (Å²) < 4.78 is 16.1. The highest BCUT2D eigenvalue weighted by molar-refractivity contribution is 5.95. The highest BCUT2D eigenvalue weighted by Crippen LogP contribution is 2.35. The van der Waals surface area contributed by atoms with Gasteiger partial charge in [0.25, 0.3) is 5.91 Å². The highest BCUT2D eigenvalue weighted by atomic mass is 16.6. The quantitative estimate of drug-likeness (QED) is 0.615. The van der Waals surface area contributed by atoms with Crippen LogP contribution in [0, 0.1) is 5.92 Å². The van der Waals surface area contributed by atoms with Gasteiger partial charge in [0.15, 0.2) is 11.5 Å². The first kappa shape index (κ1) is 21.1. The topological polar surface area (TPSA) is 93.8 Å². The van der Waals surface area contributed by atoms with Crippen LogP contribution in [0.4, 0.5) is 0 Å². The van der Waals surface area contributed by atoms with Gasteiger partial charge in [-0.1, -0.05) is 12.1 Å². The summed E-state index contributed by atoms with van der Waals surface area (Å²) in [6, 6.07) is 15.2. The van der Waals surface area contributed by atoms with Crippen LogP contribution in [-0.4, -0.2) is 60.4 Å². The molecule has 33 heavy (non-hydrogen) atoms. The molecule has 5 rings (SSSR count). The Morgan fingerprint density at radius 1 is 0.970 bits per heavy atom. The zero-order chi connectivity index (χ0) is 22.8. The third-order valence-corrected chi connectivity index (χ3v) is 6.18. The van der Waals surface area contributed by atoms with Gasteiger partial charge in [0.1, 0.15) is 13.2 Å². The van der Waals surface area contributed by atoms with Crippen molar-refractivity contribution >= 4 is 11.9 Å². The van der Waals surface area contributed by atoms with E-state index in [0.29, 0.717) is 44.7 Å². The number of hydrogen-bond acceptors (Lipinski definition) is 6. The van der Waals surface area contributed by atoms with Crippen LogP contribution in [0.3, 0.4) is 0 Å². The van der Waals surface area contributed by atoms with E-state index in [9.17, 15) is 9.59 Å². The molecule has 2 aliphatic rings. The standard InChI is InChI=1S/C25H25N3O5/c1-31-25(30)18-8-10-28(11-9-18)24(29)17-4-2-16(3-5-17)20-15-21(27-26-20)19-6-7-22-23(14-19)33-13-12-32-22/h2-7,14-15,18H,8-13H2,1H3,(H,26,27). The fourth-order valence-electron chi connectivity index (χ4n) is 4.28. The van der Waals surface area contributed by atoms with E-state index in [1.807, 2.05) is 48.5 Å². The molecule has 0 radical (unpaired) electrons. The number of rotatable bonds is 4. The molecule has 1 N–H and O–H groups in total. The Labute approximate surface area is 191 Å². The van der Waals surface area contributed by atoms with Crippen molar-refractivity contribution in [2.75, 3.05) is 33.4 Å². The van der Waals surface area contributed by atoms with Gasteiger partial charge in [-0.3, -0.25) is 14.7 Å². The van der Waals surface area contributed by atoms with Crippen molar-refractivity contribution in [3.63, 3.8) is 0 Å². The molecule has 3 heterocycles. The Bertz CT molecular complexity index is 1160. The summed E-state index contributed by atoms with van der Waals surface area (Å²) >= 11 is 0. The van der Waals surface area contributed by atoms with E-state index >= 15 is 0 Å². The van der Waals surface area contributed by atoms with Crippen molar-refractivity contribution in [2.45, 2.75) is 12.8 Å². The molecule has 0 spiro atoms. The lowest BCUT2D eigenvalue weighted by molar-refractivity contribution is -0.146. The van der Waals surface area contributed by atoms with Gasteiger partial charge in [0.05, 0.1) is 24.4 Å². The summed E-state index contributed by atoms with van der Waals surface area (Å²) in [5.41, 5.74) is 4.16. The molecule has 0 saturated carbocycles. The molecule has 2 aromatic carbocycles. The number of aromatic amines is 1. The molecule has 1 aromatic heterocycles. The summed E-state index contributed by atoms with van der Waals surface area (Å²) in [6.07, 6.45) is 1.26. The van der Waals surface area contributed by atoms with E-state index in [1.54, 1.807) is 4.90 Å². The van der Waals surface area contributed by atoms with E-state index in [0.717, 1.165) is 34.0 Å². The number of carbonyl (C=O) groups is 2. The first-order chi connectivity index (χ1) is 16.1. The number of piperidine rings is 1. The number of fused-ring (bicyclic) bond motifs is 1. The predicted octanol–water partition coefficient (Wildman–Crippen LogP) is 3.54. The first-order valence-electron chi connectivity index (χ1n) is 11.1. The van der Waals surface area contributed by atoms with E-state index in [1.165, 1.54) is 7.11 Å². The van der Waals surface area contributed by atoms with Crippen LogP contribution >= 0.6 is 0 Å². The monoisotopic (exact) mass is 447 g/mol. The number of nitrogens with one attached hydrogen (secondary N) is 1. The maximum atomic E-state index is 12.9. The highest BCUT2D eigenvalue weighted by Gasteiger charge is 2.28. The van der Waals surface area contributed by atoms with Gasteiger partial charge in [-0.05, 0) is 54.8 Å². The predicted molar refractivity (Wildman–Crippen MR) is 121 cm³/mol. The molecule has 2 aliphatic heterocycles. The summed E-state index contributed by atoms with van der Waals surface area (Å²) in [5.74, 6) is 1.13. The number of nitrogens with zero attached hydrogens (tertiary/aromatic N) is 2. The molecule has 0 aliphatic carbocycles. The number of likely N-dealkylation sites (tertiary alicyclic amines) is 1. The summed E-state index contributed by atoms with van der Waals surface area (Å²) in [5, 5.41) is 7.51. The van der Waals surface area contributed by atoms with Crippen molar-refractivity contribution in [3.05, 3.63) is 54.1 Å². The average molecular weight is 447 g/mol. The van der Waals surface area contributed by atoms with Crippen LogP contribution in [0.1, 0.15) is 23.2 Å². The fraction of sp³-hybridized carbons (Fsp3) is 0.320. The number of methoxy groups -OCH3 is 1. The van der Waals surface area contributed by atoms with Crippen LogP contribution in [-0.2, 0) is 9.53 Å². The number of carbonyl (C=O) groups excluding carboxylic acids is 2. The van der Waals surface area contributed by atoms with Gasteiger partial charge in [0.2, 0.25) is 0 Å². The van der Waals surface area contributed by atoms with Crippen LogP contribution in [0.15, 0.2) is 48.5 Å². The molecular formula is C25H25N3O5. The Morgan fingerprint density at radius 2 is 1.67 bits per heavy atom. The molecule has 1 amide bonds. The molecular weight excluding hydrogens is 422 g/mol. The molecule has 1 saturated heterocycles. The van der Waals surface area contributed by atoms with Crippen LogP contribution in [0.2, 0.25) is 0 Å². The number of benzene rings is 2. The number of H-pyrrole nitrogens is 1. The van der Waals surface area contributed by atoms with Crippen molar-refractivity contribution in [1.29, 1.82) is 0 Å². The van der Waals surface area contributed by atoms with Gasteiger partial charge in [0, 0.05) is 24.2 Å². The minimum atomic E-state index is -0.193. The van der Waals surface area contributed by atoms with Crippen LogP contribution in [0.25, 0.3) is 22.5 Å². The van der Waals surface area contributed by atoms with Gasteiger partial charge in [-0.2, -0.15) is 5.10 Å². The normalized spacial score (nSPS) is 15.8. The maximum absolute atomic E-state index is 12.9. The summed E-state index contributed by atoms with van der Waals surface area (Å²) in [7, 11) is 1.40. The van der Waals surface area contributed by atoms with Crippen LogP contribution in [0.5, 0.6) is 11.5 Å². The van der Waals surface area contributed by atoms with Crippen molar-refractivity contribution in [1.82, 2.24) is 15.1 Å². The van der Waals surface area contributed by atoms with E-state index < -0.39 is 0 Å². The minimum Gasteiger partial charge on any atom is -0.486 e. The lowest BCUT2D eigenvalue weighted by atomic mass is 9.96. The second-order valence-electron chi connectivity index (χ2n) is 8.19. The molecule has 0 bridgehead atoms. The Morgan fingerprint density at radius 3 is 2.39 bits per heavy atom. The summed E-state index contributed by atoms with van der Waals surface area (Å²) in [6.45, 7) is 2.21. The molecule has 170 valence electrons. The fourth-order valence-corrected chi connectivity index (χ4v) is 4.28. The van der Waals surface area contributed by atoms with Gasteiger partial charge < -0.3 is 19.1 Å². The number of hydrogen-bond donors (Lipinski definition) is 1. The Balaban J connectivity index is 1.26. The average Bonchev–Trinajstić information content (AvgIpc) is 3.38. The molecule has 8 heteroatoms. The Hall–Kier alpha value is -3.81. The SMILES string of the molecule is COC(=O)C1CCN(C(=O)c2ccc(-c3cc(-c4ccc5c(c4)OCCO5)n[nH]3)cc2)CC1.